The van der Waals surface area contributed by atoms with Gasteiger partial charge in [0.15, 0.2) is 11.0 Å². The second kappa shape index (κ2) is 12.8. The van der Waals surface area contributed by atoms with Crippen LogP contribution in [0.5, 0.6) is 0 Å². The second-order valence-corrected chi connectivity index (χ2v) is 14.2. The summed E-state index contributed by atoms with van der Waals surface area (Å²) in [7, 11) is 1.09. The summed E-state index contributed by atoms with van der Waals surface area (Å²) >= 11 is 2.86. The number of hydrogen-bond acceptors (Lipinski definition) is 9. The third-order valence-corrected chi connectivity index (χ3v) is 10.7. The fourth-order valence-corrected chi connectivity index (χ4v) is 6.85. The molecular weight excluding hydrogens is 607 g/mol. The minimum absolute atomic E-state index is 0.102. The molecule has 1 atom stereocenters. The van der Waals surface area contributed by atoms with Gasteiger partial charge in [-0.25, -0.2) is 17.7 Å². The van der Waals surface area contributed by atoms with Crippen LogP contribution in [0.2, 0.25) is 0 Å². The minimum Gasteiger partial charge on any atom is -0.345 e. The van der Waals surface area contributed by atoms with Gasteiger partial charge in [-0.05, 0) is 48.2 Å². The van der Waals surface area contributed by atoms with Crippen LogP contribution in [0.25, 0.3) is 0 Å². The highest BCUT2D eigenvalue weighted by molar-refractivity contribution is 7.99. The number of sulfonamides is 1. The largest absolute Gasteiger partial charge is 0.345 e. The van der Waals surface area contributed by atoms with Crippen LogP contribution in [0.1, 0.15) is 44.6 Å². The van der Waals surface area contributed by atoms with Gasteiger partial charge in [0, 0.05) is 33.1 Å². The normalized spacial score (nSPS) is 15.1. The lowest BCUT2D eigenvalue weighted by Gasteiger charge is -2.22. The Morgan fingerprint density at radius 1 is 1.07 bits per heavy atom. The monoisotopic (exact) mass is 637 g/mol. The van der Waals surface area contributed by atoms with Crippen molar-refractivity contribution >= 4 is 50.6 Å². The van der Waals surface area contributed by atoms with E-state index in [1.54, 1.807) is 28.0 Å². The lowest BCUT2D eigenvalue weighted by Crippen LogP contribution is -2.28. The summed E-state index contributed by atoms with van der Waals surface area (Å²) in [6.45, 7) is 2.13. The van der Waals surface area contributed by atoms with E-state index in [1.807, 2.05) is 48.7 Å². The Hall–Kier alpha value is -3.85. The van der Waals surface area contributed by atoms with Crippen molar-refractivity contribution in [1.29, 1.82) is 0 Å². The highest BCUT2D eigenvalue weighted by Gasteiger charge is 2.33. The number of aryl methyl sites for hydroxylation is 1. The number of thiophene rings is 1. The van der Waals surface area contributed by atoms with Crippen molar-refractivity contribution in [2.75, 3.05) is 19.8 Å². The summed E-state index contributed by atoms with van der Waals surface area (Å²) in [5.41, 5.74) is 3.39. The van der Waals surface area contributed by atoms with E-state index in [9.17, 15) is 18.0 Å². The van der Waals surface area contributed by atoms with Crippen molar-refractivity contribution in [2.24, 2.45) is 12.1 Å². The molecular formula is C29H31N7O4S3. The zero-order valence-corrected chi connectivity index (χ0v) is 26.5. The van der Waals surface area contributed by atoms with Gasteiger partial charge in [0.05, 0.1) is 33.8 Å². The molecule has 2 amide bonds. The van der Waals surface area contributed by atoms with Crippen LogP contribution < -0.4 is 5.32 Å². The topological polar surface area (TPSA) is 130 Å². The molecule has 1 unspecified atom stereocenters. The first kappa shape index (κ1) is 30.6. The molecule has 43 heavy (non-hydrogen) atoms. The van der Waals surface area contributed by atoms with Crippen molar-refractivity contribution < 1.29 is 18.0 Å². The molecule has 1 aliphatic heterocycles. The number of carbonyl (C=O) groups is 2. The van der Waals surface area contributed by atoms with Crippen LogP contribution in [0.15, 0.2) is 81.2 Å². The Morgan fingerprint density at radius 2 is 1.79 bits per heavy atom. The average molecular weight is 638 g/mol. The fourth-order valence-electron chi connectivity index (χ4n) is 4.45. The summed E-state index contributed by atoms with van der Waals surface area (Å²) in [5, 5.41) is 20.0. The maximum atomic E-state index is 13.4. The van der Waals surface area contributed by atoms with Crippen molar-refractivity contribution in [2.45, 2.75) is 36.0 Å². The number of carbonyl (C=O) groups excluding carboxylic acids is 2. The Morgan fingerprint density at radius 3 is 2.44 bits per heavy atom. The summed E-state index contributed by atoms with van der Waals surface area (Å²) in [5.74, 6) is 0.104. The maximum Gasteiger partial charge on any atom is 0.253 e. The number of hydrazone groups is 1. The first-order chi connectivity index (χ1) is 20.5. The van der Waals surface area contributed by atoms with Gasteiger partial charge in [-0.3, -0.25) is 9.59 Å². The molecule has 0 spiro atoms. The Balaban J connectivity index is 1.21. The molecule has 0 bridgehead atoms. The van der Waals surface area contributed by atoms with Crippen molar-refractivity contribution in [3.63, 3.8) is 0 Å². The zero-order chi connectivity index (χ0) is 30.7. The molecule has 0 radical (unpaired) electrons. The smallest absolute Gasteiger partial charge is 0.253 e. The van der Waals surface area contributed by atoms with E-state index in [2.05, 4.69) is 15.5 Å². The van der Waals surface area contributed by atoms with Gasteiger partial charge in [-0.1, -0.05) is 47.7 Å². The van der Waals surface area contributed by atoms with Gasteiger partial charge in [0.25, 0.3) is 11.8 Å². The van der Waals surface area contributed by atoms with E-state index in [0.29, 0.717) is 23.0 Å². The molecule has 0 aliphatic carbocycles. The van der Waals surface area contributed by atoms with Crippen LogP contribution >= 0.6 is 23.1 Å². The molecule has 4 aromatic rings. The highest BCUT2D eigenvalue weighted by Crippen LogP contribution is 2.34. The first-order valence-electron chi connectivity index (χ1n) is 13.4. The zero-order valence-electron chi connectivity index (χ0n) is 24.1. The average Bonchev–Trinajstić information content (AvgIpc) is 3.76. The highest BCUT2D eigenvalue weighted by atomic mass is 32.2. The van der Waals surface area contributed by atoms with E-state index in [4.69, 9.17) is 5.10 Å². The summed E-state index contributed by atoms with van der Waals surface area (Å²) in [6, 6.07) is 17.7. The third-order valence-electron chi connectivity index (χ3n) is 6.99. The third kappa shape index (κ3) is 6.72. The molecule has 1 aliphatic rings. The minimum atomic E-state index is -3.58. The fraction of sp³-hybridized carbons (Fsp3) is 0.276. The Kier molecular flexibility index (Phi) is 9.11. The Bertz CT molecular complexity index is 1750. The molecule has 11 nitrogen and oxygen atoms in total. The molecule has 14 heteroatoms. The number of nitrogens with one attached hydrogen (secondary N) is 1. The first-order valence-corrected chi connectivity index (χ1v) is 16.7. The molecule has 2 aromatic heterocycles. The van der Waals surface area contributed by atoms with E-state index in [-0.39, 0.29) is 35.0 Å². The number of thioether (sulfide) groups is 1. The molecule has 5 rings (SSSR count). The van der Waals surface area contributed by atoms with E-state index in [0.717, 1.165) is 26.0 Å². The lowest BCUT2D eigenvalue weighted by atomic mass is 10.00. The molecule has 0 fully saturated rings. The summed E-state index contributed by atoms with van der Waals surface area (Å²) in [6.07, 6.45) is 0.641. The van der Waals surface area contributed by atoms with Crippen LogP contribution in [0.3, 0.4) is 0 Å². The van der Waals surface area contributed by atoms with Crippen LogP contribution in [0.4, 0.5) is 0 Å². The second-order valence-electron chi connectivity index (χ2n) is 10.1. The number of nitrogens with zero attached hydrogens (tertiary/aromatic N) is 6. The van der Waals surface area contributed by atoms with Crippen LogP contribution in [-0.4, -0.2) is 69.9 Å². The van der Waals surface area contributed by atoms with Crippen LogP contribution in [0, 0.1) is 6.92 Å². The molecule has 0 saturated carbocycles. The van der Waals surface area contributed by atoms with E-state index < -0.39 is 10.0 Å². The summed E-state index contributed by atoms with van der Waals surface area (Å²) in [4.78, 5) is 27.3. The van der Waals surface area contributed by atoms with Gasteiger partial charge >= 0.3 is 0 Å². The quantitative estimate of drug-likeness (QED) is 0.262. The predicted molar refractivity (Wildman–Crippen MR) is 166 cm³/mol. The van der Waals surface area contributed by atoms with Gasteiger partial charge in [-0.2, -0.15) is 5.10 Å². The van der Waals surface area contributed by atoms with Gasteiger partial charge in [0.2, 0.25) is 10.0 Å². The standard InChI is InChI=1S/C29H31N7O4S3/c1-19-7-9-20(10-8-19)24-16-23(25-6-5-15-41-25)33-36(24)27(37)18-42-29-32-31-26(35(29)4)17-30-28(38)21-11-13-22(14-12-21)43(39,40)34(2)3/h5-15,24H,16-18H2,1-4H3,(H,30,38). The number of rotatable bonds is 10. The van der Waals surface area contributed by atoms with Crippen molar-refractivity contribution in [3.8, 4) is 0 Å². The van der Waals surface area contributed by atoms with Gasteiger partial charge in [-0.15, -0.1) is 21.5 Å². The molecule has 3 heterocycles. The predicted octanol–water partition coefficient (Wildman–Crippen LogP) is 3.84. The number of benzene rings is 2. The molecule has 2 aromatic carbocycles. The molecule has 0 saturated heterocycles. The van der Waals surface area contributed by atoms with Gasteiger partial charge in [0.1, 0.15) is 0 Å². The number of aromatic nitrogens is 3. The summed E-state index contributed by atoms with van der Waals surface area (Å²) < 4.78 is 27.4. The Labute approximate surface area is 258 Å². The lowest BCUT2D eigenvalue weighted by molar-refractivity contribution is -0.130. The van der Waals surface area contributed by atoms with Gasteiger partial charge < -0.3 is 9.88 Å². The number of amides is 2. The van der Waals surface area contributed by atoms with Crippen molar-refractivity contribution in [3.05, 3.63) is 93.4 Å². The van der Waals surface area contributed by atoms with Crippen molar-refractivity contribution in [1.82, 2.24) is 29.4 Å². The maximum absolute atomic E-state index is 13.4. The van der Waals surface area contributed by atoms with E-state index >= 15 is 0 Å². The van der Waals surface area contributed by atoms with Crippen LogP contribution in [-0.2, 0) is 28.4 Å². The molecule has 1 N–H and O–H groups in total. The SMILES string of the molecule is Cc1ccc(C2CC(c3cccs3)=NN2C(=O)CSc2nnc(CNC(=O)c3ccc(S(=O)(=O)N(C)C)cc3)n2C)cc1. The molecule has 224 valence electrons. The number of hydrogen-bond donors (Lipinski definition) is 1. The van der Waals surface area contributed by atoms with E-state index in [1.165, 1.54) is 50.1 Å².